The summed E-state index contributed by atoms with van der Waals surface area (Å²) in [4.78, 5) is 34.3. The van der Waals surface area contributed by atoms with Gasteiger partial charge in [-0.25, -0.2) is 9.96 Å². The molecule has 0 radical (unpaired) electrons. The lowest BCUT2D eigenvalue weighted by Gasteiger charge is -2.28. The van der Waals surface area contributed by atoms with E-state index in [2.05, 4.69) is 35.0 Å². The van der Waals surface area contributed by atoms with Crippen molar-refractivity contribution in [1.82, 2.24) is 0 Å². The molecule has 2 fully saturated rings. The van der Waals surface area contributed by atoms with E-state index >= 15 is 0 Å². The van der Waals surface area contributed by atoms with Gasteiger partial charge < -0.3 is 0 Å². The number of carbonyl (C=O) groups is 2. The second-order valence-corrected chi connectivity index (χ2v) is 8.66. The van der Waals surface area contributed by atoms with E-state index in [0.29, 0.717) is 5.69 Å². The summed E-state index contributed by atoms with van der Waals surface area (Å²) in [6.07, 6.45) is 0.0807. The molecule has 0 saturated carbocycles. The Bertz CT molecular complexity index is 1120. The van der Waals surface area contributed by atoms with Crippen molar-refractivity contribution in [3.63, 3.8) is 0 Å². The Morgan fingerprint density at radius 3 is 2.16 bits per heavy atom. The van der Waals surface area contributed by atoms with Gasteiger partial charge in [-0.1, -0.05) is 65.3 Å². The van der Waals surface area contributed by atoms with E-state index in [1.54, 1.807) is 17.2 Å². The first kappa shape index (κ1) is 20.0. The fourth-order valence-corrected chi connectivity index (χ4v) is 4.61. The van der Waals surface area contributed by atoms with Crippen molar-refractivity contribution in [2.24, 2.45) is 5.92 Å². The van der Waals surface area contributed by atoms with Gasteiger partial charge >= 0.3 is 0 Å². The number of hydrogen-bond acceptors (Lipinski definition) is 4. The summed E-state index contributed by atoms with van der Waals surface area (Å²) in [5.74, 6) is -1.19. The highest BCUT2D eigenvalue weighted by Crippen LogP contribution is 2.47. The molecular weight excluding hydrogens is 456 g/mol. The van der Waals surface area contributed by atoms with Crippen molar-refractivity contribution in [1.29, 1.82) is 0 Å². The topological polar surface area (TPSA) is 49.9 Å². The van der Waals surface area contributed by atoms with E-state index in [1.807, 2.05) is 54.6 Å². The van der Waals surface area contributed by atoms with Gasteiger partial charge in [0.2, 0.25) is 5.91 Å². The average Bonchev–Trinajstić information content (AvgIpc) is 3.31. The smallest absolute Gasteiger partial charge is 0.266 e. The highest BCUT2D eigenvalue weighted by molar-refractivity contribution is 9.10. The van der Waals surface area contributed by atoms with E-state index in [9.17, 15) is 9.59 Å². The summed E-state index contributed by atoms with van der Waals surface area (Å²) in [5.41, 5.74) is 3.54. The lowest BCUT2D eigenvalue weighted by atomic mass is 9.90. The second kappa shape index (κ2) is 7.94. The van der Waals surface area contributed by atoms with Gasteiger partial charge in [0.15, 0.2) is 6.10 Å². The Morgan fingerprint density at radius 1 is 0.839 bits per heavy atom. The minimum atomic E-state index is -0.854. The van der Waals surface area contributed by atoms with Gasteiger partial charge in [-0.2, -0.15) is 0 Å². The molecule has 5 rings (SSSR count). The highest BCUT2D eigenvalue weighted by atomic mass is 79.9. The van der Waals surface area contributed by atoms with Crippen LogP contribution >= 0.6 is 15.9 Å². The highest BCUT2D eigenvalue weighted by Gasteiger charge is 2.60. The molecule has 0 unspecified atom stereocenters. The van der Waals surface area contributed by atoms with Crippen LogP contribution < -0.4 is 9.96 Å². The molecule has 3 aromatic carbocycles. The fourth-order valence-electron chi connectivity index (χ4n) is 4.35. The van der Waals surface area contributed by atoms with Crippen molar-refractivity contribution >= 4 is 39.1 Å². The van der Waals surface area contributed by atoms with Gasteiger partial charge in [-0.15, -0.1) is 0 Å². The van der Waals surface area contributed by atoms with E-state index < -0.39 is 18.1 Å². The molecule has 2 saturated heterocycles. The lowest BCUT2D eigenvalue weighted by Crippen LogP contribution is -2.37. The van der Waals surface area contributed by atoms with Crippen LogP contribution in [0.15, 0.2) is 83.3 Å². The number of amides is 2. The number of carbonyl (C=O) groups excluding carboxylic acids is 2. The predicted molar refractivity (Wildman–Crippen MR) is 122 cm³/mol. The summed E-state index contributed by atoms with van der Waals surface area (Å²) in [5, 5.41) is 1.73. The van der Waals surface area contributed by atoms with Crippen molar-refractivity contribution < 1.29 is 14.4 Å². The van der Waals surface area contributed by atoms with Crippen LogP contribution in [0, 0.1) is 5.92 Å². The Labute approximate surface area is 189 Å². The van der Waals surface area contributed by atoms with Gasteiger partial charge in [0.05, 0.1) is 17.4 Å². The summed E-state index contributed by atoms with van der Waals surface area (Å²) < 4.78 is 0.885. The Hall–Kier alpha value is -2.96. The van der Waals surface area contributed by atoms with Gasteiger partial charge in [-0.05, 0) is 53.9 Å². The van der Waals surface area contributed by atoms with E-state index in [1.165, 1.54) is 10.5 Å². The Kier molecular flexibility index (Phi) is 5.12. The molecule has 0 bridgehead atoms. The maximum Gasteiger partial charge on any atom is 0.266 e. The third-order valence-corrected chi connectivity index (χ3v) is 6.47. The number of hydrogen-bond donors (Lipinski definition) is 0. The van der Waals surface area contributed by atoms with Crippen molar-refractivity contribution in [2.45, 2.75) is 25.5 Å². The summed E-state index contributed by atoms with van der Waals surface area (Å²) in [7, 11) is 0. The van der Waals surface area contributed by atoms with Gasteiger partial charge in [0, 0.05) is 4.47 Å². The maximum atomic E-state index is 13.6. The van der Waals surface area contributed by atoms with Crippen LogP contribution in [0.5, 0.6) is 0 Å². The molecule has 0 spiro atoms. The molecular formula is C25H21BrN2O3. The van der Waals surface area contributed by atoms with Crippen molar-refractivity contribution in [3.8, 4) is 0 Å². The Balaban J connectivity index is 1.57. The molecule has 0 N–H and O–H groups in total. The number of benzene rings is 3. The molecule has 0 aliphatic carbocycles. The van der Waals surface area contributed by atoms with Crippen LogP contribution in [0.4, 0.5) is 11.4 Å². The van der Waals surface area contributed by atoms with E-state index in [0.717, 1.165) is 22.1 Å². The minimum absolute atomic E-state index is 0.236. The molecule has 2 heterocycles. The van der Waals surface area contributed by atoms with E-state index in [-0.39, 0.29) is 11.8 Å². The van der Waals surface area contributed by atoms with Crippen LogP contribution in [0.25, 0.3) is 0 Å². The number of hydroxylamine groups is 1. The van der Waals surface area contributed by atoms with Gasteiger partial charge in [0.25, 0.3) is 5.91 Å². The molecule has 2 aliphatic rings. The normalized spacial score (nSPS) is 22.8. The first-order valence-electron chi connectivity index (χ1n) is 10.3. The van der Waals surface area contributed by atoms with Crippen LogP contribution in [-0.4, -0.2) is 17.9 Å². The number of anilines is 2. The molecule has 31 heavy (non-hydrogen) atoms. The lowest BCUT2D eigenvalue weighted by molar-refractivity contribution is -0.126. The first-order chi connectivity index (χ1) is 15.1. The third kappa shape index (κ3) is 3.36. The number of imide groups is 1. The zero-order valence-corrected chi connectivity index (χ0v) is 18.5. The Morgan fingerprint density at radius 2 is 1.52 bits per heavy atom. The number of halogens is 1. The van der Waals surface area contributed by atoms with Crippen LogP contribution in [0.1, 0.15) is 24.1 Å². The van der Waals surface area contributed by atoms with Crippen LogP contribution in [-0.2, 0) is 20.8 Å². The fraction of sp³-hybridized carbons (Fsp3) is 0.200. The summed E-state index contributed by atoms with van der Waals surface area (Å²) >= 11 is 3.40. The largest absolute Gasteiger partial charge is 0.273 e. The third-order valence-electron chi connectivity index (χ3n) is 5.94. The monoisotopic (exact) mass is 476 g/mol. The number of para-hydroxylation sites is 1. The quantitative estimate of drug-likeness (QED) is 0.493. The molecule has 3 aromatic rings. The summed E-state index contributed by atoms with van der Waals surface area (Å²) in [6.45, 7) is 2.11. The molecule has 0 aromatic heterocycles. The predicted octanol–water partition coefficient (Wildman–Crippen LogP) is 5.06. The number of aryl methyl sites for hydroxylation is 1. The van der Waals surface area contributed by atoms with E-state index in [4.69, 9.17) is 4.84 Å². The molecule has 2 aliphatic heterocycles. The van der Waals surface area contributed by atoms with Crippen LogP contribution in [0.2, 0.25) is 0 Å². The molecule has 5 nitrogen and oxygen atoms in total. The van der Waals surface area contributed by atoms with Gasteiger partial charge in [0.1, 0.15) is 5.92 Å². The molecule has 6 heteroatoms. The minimum Gasteiger partial charge on any atom is -0.273 e. The first-order valence-corrected chi connectivity index (χ1v) is 11.1. The van der Waals surface area contributed by atoms with Gasteiger partial charge in [-0.3, -0.25) is 14.4 Å². The van der Waals surface area contributed by atoms with Crippen LogP contribution in [0.3, 0.4) is 0 Å². The number of fused-ring (bicyclic) bond motifs is 1. The van der Waals surface area contributed by atoms with Crippen molar-refractivity contribution in [3.05, 3.63) is 94.5 Å². The maximum absolute atomic E-state index is 13.6. The van der Waals surface area contributed by atoms with Crippen molar-refractivity contribution in [2.75, 3.05) is 9.96 Å². The standard InChI is InChI=1S/C25H21BrN2O3/c1-2-16-8-10-17(11-9-16)22-21-23(31-28(22)20-6-4-3-5-7-20)25(30)27(24(21)29)19-14-12-18(26)13-15-19/h3-15,21-23H,2H2,1H3/t21-,22-,23+/m1/s1. The molecule has 156 valence electrons. The SMILES string of the molecule is CCc1ccc([C@@H]2[C@H]3C(=O)N(c4ccc(Br)cc4)C(=O)[C@H]3ON2c2ccccc2)cc1. The number of rotatable bonds is 4. The summed E-state index contributed by atoms with van der Waals surface area (Å²) in [6, 6.07) is 24.6. The zero-order chi connectivity index (χ0) is 21.5. The molecule has 2 amide bonds. The molecule has 3 atom stereocenters. The zero-order valence-electron chi connectivity index (χ0n) is 16.9. The average molecular weight is 477 g/mol. The second-order valence-electron chi connectivity index (χ2n) is 7.74. The number of nitrogens with zero attached hydrogens (tertiary/aromatic N) is 2.